The molecule has 0 aliphatic carbocycles. The molecule has 0 radical (unpaired) electrons. The van der Waals surface area contributed by atoms with E-state index in [9.17, 15) is 9.90 Å². The number of hydrogen-bond acceptors (Lipinski definition) is 4. The molecule has 2 aromatic rings. The minimum absolute atomic E-state index is 0.226. The van der Waals surface area contributed by atoms with Crippen molar-refractivity contribution >= 4 is 5.97 Å². The number of aromatic hydroxyl groups is 1. The summed E-state index contributed by atoms with van der Waals surface area (Å²) in [6, 6.07) is 12.5. The van der Waals surface area contributed by atoms with E-state index in [4.69, 9.17) is 9.47 Å². The van der Waals surface area contributed by atoms with Gasteiger partial charge < -0.3 is 14.6 Å². The van der Waals surface area contributed by atoms with Gasteiger partial charge in [0.1, 0.15) is 17.1 Å². The summed E-state index contributed by atoms with van der Waals surface area (Å²) in [6.45, 7) is 4.12. The molecule has 0 aliphatic rings. The summed E-state index contributed by atoms with van der Waals surface area (Å²) in [5.41, 5.74) is 2.06. The maximum atomic E-state index is 11.9. The molecule has 2 aromatic carbocycles. The van der Waals surface area contributed by atoms with Crippen molar-refractivity contribution in [2.45, 2.75) is 19.3 Å². The molecular weight excluding hydrogens is 280 g/mol. The third-order valence-electron chi connectivity index (χ3n) is 3.92. The van der Waals surface area contributed by atoms with Crippen molar-refractivity contribution in [3.05, 3.63) is 59.2 Å². The largest absolute Gasteiger partial charge is 0.508 e. The first kappa shape index (κ1) is 15.9. The second-order valence-corrected chi connectivity index (χ2v) is 5.58. The number of benzene rings is 2. The molecule has 0 heterocycles. The fraction of sp³-hybridized carbons (Fsp3) is 0.278. The van der Waals surface area contributed by atoms with E-state index >= 15 is 0 Å². The SMILES string of the molecule is COC(=O)c1cc(C(C)(C)c2ccc(O)cc2)ccc1OC. The van der Waals surface area contributed by atoms with Gasteiger partial charge in [0, 0.05) is 5.41 Å². The van der Waals surface area contributed by atoms with Gasteiger partial charge in [0.2, 0.25) is 0 Å². The van der Waals surface area contributed by atoms with Crippen LogP contribution in [-0.2, 0) is 10.2 Å². The summed E-state index contributed by atoms with van der Waals surface area (Å²) in [6.07, 6.45) is 0. The van der Waals surface area contributed by atoms with Crippen molar-refractivity contribution in [2.24, 2.45) is 0 Å². The molecule has 2 rings (SSSR count). The Balaban J connectivity index is 2.51. The molecule has 0 unspecified atom stereocenters. The van der Waals surface area contributed by atoms with Crippen LogP contribution in [0, 0.1) is 0 Å². The molecule has 0 amide bonds. The van der Waals surface area contributed by atoms with Gasteiger partial charge >= 0.3 is 5.97 Å². The Bertz CT molecular complexity index is 672. The molecule has 0 saturated heterocycles. The van der Waals surface area contributed by atoms with E-state index in [0.717, 1.165) is 11.1 Å². The number of phenols is 1. The fourth-order valence-electron chi connectivity index (χ4n) is 2.41. The Kier molecular flexibility index (Phi) is 4.40. The number of carbonyl (C=O) groups excluding carboxylic acids is 1. The van der Waals surface area contributed by atoms with Crippen molar-refractivity contribution in [1.82, 2.24) is 0 Å². The summed E-state index contributed by atoms with van der Waals surface area (Å²) in [4.78, 5) is 11.9. The molecule has 22 heavy (non-hydrogen) atoms. The number of hydrogen-bond donors (Lipinski definition) is 1. The Morgan fingerprint density at radius 2 is 1.59 bits per heavy atom. The van der Waals surface area contributed by atoms with Crippen LogP contribution >= 0.6 is 0 Å². The van der Waals surface area contributed by atoms with E-state index in [1.807, 2.05) is 18.2 Å². The monoisotopic (exact) mass is 300 g/mol. The van der Waals surface area contributed by atoms with E-state index in [0.29, 0.717) is 11.3 Å². The van der Waals surface area contributed by atoms with E-state index in [-0.39, 0.29) is 11.2 Å². The first-order valence-corrected chi connectivity index (χ1v) is 6.96. The van der Waals surface area contributed by atoms with Gasteiger partial charge in [-0.1, -0.05) is 32.0 Å². The number of carbonyl (C=O) groups is 1. The van der Waals surface area contributed by atoms with Crippen LogP contribution < -0.4 is 4.74 Å². The average molecular weight is 300 g/mol. The minimum atomic E-state index is -0.430. The van der Waals surface area contributed by atoms with E-state index in [2.05, 4.69) is 13.8 Å². The number of methoxy groups -OCH3 is 2. The van der Waals surface area contributed by atoms with Crippen LogP contribution in [0.1, 0.15) is 35.3 Å². The highest BCUT2D eigenvalue weighted by atomic mass is 16.5. The van der Waals surface area contributed by atoms with Crippen molar-refractivity contribution < 1.29 is 19.4 Å². The number of ether oxygens (including phenoxy) is 2. The summed E-state index contributed by atoms with van der Waals surface area (Å²) in [7, 11) is 2.87. The zero-order valence-electron chi connectivity index (χ0n) is 13.2. The lowest BCUT2D eigenvalue weighted by molar-refractivity contribution is 0.0597. The van der Waals surface area contributed by atoms with Crippen LogP contribution in [0.4, 0.5) is 0 Å². The first-order valence-electron chi connectivity index (χ1n) is 6.96. The third-order valence-corrected chi connectivity index (χ3v) is 3.92. The van der Waals surface area contributed by atoms with Crippen molar-refractivity contribution in [3.63, 3.8) is 0 Å². The van der Waals surface area contributed by atoms with Gasteiger partial charge in [-0.3, -0.25) is 0 Å². The zero-order chi connectivity index (χ0) is 16.3. The number of phenolic OH excluding ortho intramolecular Hbond substituents is 1. The maximum absolute atomic E-state index is 11.9. The normalized spacial score (nSPS) is 11.1. The molecule has 116 valence electrons. The van der Waals surface area contributed by atoms with Crippen LogP contribution in [0.3, 0.4) is 0 Å². The lowest BCUT2D eigenvalue weighted by Gasteiger charge is -2.27. The van der Waals surface area contributed by atoms with Gasteiger partial charge in [0.25, 0.3) is 0 Å². The highest BCUT2D eigenvalue weighted by Crippen LogP contribution is 2.34. The van der Waals surface area contributed by atoms with Crippen molar-refractivity contribution in [1.29, 1.82) is 0 Å². The molecule has 0 aromatic heterocycles. The minimum Gasteiger partial charge on any atom is -0.508 e. The Labute approximate surface area is 130 Å². The summed E-state index contributed by atoms with van der Waals surface area (Å²) in [5, 5.41) is 9.43. The van der Waals surface area contributed by atoms with Crippen LogP contribution in [-0.4, -0.2) is 25.3 Å². The summed E-state index contributed by atoms with van der Waals surface area (Å²) >= 11 is 0. The van der Waals surface area contributed by atoms with Gasteiger partial charge in [-0.2, -0.15) is 0 Å². The first-order chi connectivity index (χ1) is 10.4. The standard InChI is InChI=1S/C18H20O4/c1-18(2,12-5-8-14(19)9-6-12)13-7-10-16(21-3)15(11-13)17(20)22-4/h5-11,19H,1-4H3. The molecule has 4 nitrogen and oxygen atoms in total. The lowest BCUT2D eigenvalue weighted by atomic mass is 9.77. The predicted molar refractivity (Wildman–Crippen MR) is 84.6 cm³/mol. The molecule has 0 saturated carbocycles. The van der Waals surface area contributed by atoms with E-state index in [1.54, 1.807) is 24.3 Å². The molecule has 1 N–H and O–H groups in total. The lowest BCUT2D eigenvalue weighted by Crippen LogP contribution is -2.19. The molecule has 4 heteroatoms. The molecule has 0 atom stereocenters. The van der Waals surface area contributed by atoms with Crippen LogP contribution in [0.2, 0.25) is 0 Å². The third kappa shape index (κ3) is 2.91. The van der Waals surface area contributed by atoms with Gasteiger partial charge in [-0.05, 0) is 35.4 Å². The highest BCUT2D eigenvalue weighted by molar-refractivity contribution is 5.92. The summed E-state index contributed by atoms with van der Waals surface area (Å²) < 4.78 is 10.0. The molecule has 0 bridgehead atoms. The number of rotatable bonds is 4. The second kappa shape index (κ2) is 6.10. The fourth-order valence-corrected chi connectivity index (χ4v) is 2.41. The number of esters is 1. The Morgan fingerprint density at radius 1 is 1.00 bits per heavy atom. The zero-order valence-corrected chi connectivity index (χ0v) is 13.2. The average Bonchev–Trinajstić information content (AvgIpc) is 2.53. The van der Waals surface area contributed by atoms with Gasteiger partial charge in [0.05, 0.1) is 14.2 Å². The molecule has 0 spiro atoms. The Morgan fingerprint density at radius 3 is 2.14 bits per heavy atom. The van der Waals surface area contributed by atoms with Crippen molar-refractivity contribution in [2.75, 3.05) is 14.2 Å². The molecular formula is C18H20O4. The van der Waals surface area contributed by atoms with Gasteiger partial charge in [-0.25, -0.2) is 4.79 Å². The van der Waals surface area contributed by atoms with Crippen LogP contribution in [0.15, 0.2) is 42.5 Å². The van der Waals surface area contributed by atoms with E-state index < -0.39 is 5.97 Å². The van der Waals surface area contributed by atoms with Crippen LogP contribution in [0.5, 0.6) is 11.5 Å². The highest BCUT2D eigenvalue weighted by Gasteiger charge is 2.25. The van der Waals surface area contributed by atoms with Gasteiger partial charge in [-0.15, -0.1) is 0 Å². The maximum Gasteiger partial charge on any atom is 0.341 e. The topological polar surface area (TPSA) is 55.8 Å². The predicted octanol–water partition coefficient (Wildman–Crippen LogP) is 3.51. The Hall–Kier alpha value is -2.49. The molecule has 0 fully saturated rings. The summed E-state index contributed by atoms with van der Waals surface area (Å²) in [5.74, 6) is 0.279. The molecule has 0 aliphatic heterocycles. The van der Waals surface area contributed by atoms with Gasteiger partial charge in [0.15, 0.2) is 0 Å². The second-order valence-electron chi connectivity index (χ2n) is 5.58. The van der Waals surface area contributed by atoms with Crippen LogP contribution in [0.25, 0.3) is 0 Å². The quantitative estimate of drug-likeness (QED) is 0.878. The smallest absolute Gasteiger partial charge is 0.341 e. The van der Waals surface area contributed by atoms with Crippen molar-refractivity contribution in [3.8, 4) is 11.5 Å². The van der Waals surface area contributed by atoms with E-state index in [1.165, 1.54) is 14.2 Å².